The van der Waals surface area contributed by atoms with E-state index >= 15 is 0 Å². The third-order valence-electron chi connectivity index (χ3n) is 3.54. The standard InChI is InChI=1S/C12H21NO3/c1-9-6-13(7-10-4-3-5-10)8-11(16-9)12(14)15-2/h9-11H,3-8H2,1-2H3/t9-,11-/m1/s1. The van der Waals surface area contributed by atoms with Crippen LogP contribution in [0.2, 0.25) is 0 Å². The third-order valence-corrected chi connectivity index (χ3v) is 3.54. The van der Waals surface area contributed by atoms with E-state index in [0.717, 1.165) is 19.0 Å². The Kier molecular flexibility index (Phi) is 3.82. The van der Waals surface area contributed by atoms with Crippen LogP contribution in [-0.4, -0.2) is 49.8 Å². The van der Waals surface area contributed by atoms with Gasteiger partial charge in [0, 0.05) is 19.6 Å². The Hall–Kier alpha value is -0.610. The molecule has 1 heterocycles. The first kappa shape index (κ1) is 11.9. The van der Waals surface area contributed by atoms with Crippen molar-refractivity contribution in [1.29, 1.82) is 0 Å². The number of ether oxygens (including phenoxy) is 2. The van der Waals surface area contributed by atoms with Gasteiger partial charge in [-0.2, -0.15) is 0 Å². The molecule has 1 aliphatic carbocycles. The summed E-state index contributed by atoms with van der Waals surface area (Å²) in [5.74, 6) is 0.591. The molecule has 1 aliphatic heterocycles. The minimum absolute atomic E-state index is 0.123. The summed E-state index contributed by atoms with van der Waals surface area (Å²) in [4.78, 5) is 13.8. The number of carbonyl (C=O) groups is 1. The normalized spacial score (nSPS) is 32.1. The van der Waals surface area contributed by atoms with Gasteiger partial charge in [0.05, 0.1) is 13.2 Å². The molecule has 4 heteroatoms. The maximum atomic E-state index is 11.5. The molecule has 2 aliphatic rings. The first-order chi connectivity index (χ1) is 7.69. The van der Waals surface area contributed by atoms with E-state index in [1.54, 1.807) is 0 Å². The van der Waals surface area contributed by atoms with Crippen molar-refractivity contribution in [2.24, 2.45) is 5.92 Å². The first-order valence-corrected chi connectivity index (χ1v) is 6.14. The highest BCUT2D eigenvalue weighted by molar-refractivity contribution is 5.74. The van der Waals surface area contributed by atoms with Gasteiger partial charge in [0.2, 0.25) is 0 Å². The summed E-state index contributed by atoms with van der Waals surface area (Å²) in [6.45, 7) is 4.75. The van der Waals surface area contributed by atoms with Gasteiger partial charge in [0.25, 0.3) is 0 Å². The Morgan fingerprint density at radius 2 is 2.19 bits per heavy atom. The number of carbonyl (C=O) groups excluding carboxylic acids is 1. The fourth-order valence-electron chi connectivity index (χ4n) is 2.49. The molecule has 0 aromatic heterocycles. The van der Waals surface area contributed by atoms with Gasteiger partial charge in [-0.05, 0) is 25.7 Å². The zero-order chi connectivity index (χ0) is 11.5. The number of morpholine rings is 1. The third kappa shape index (κ3) is 2.74. The molecule has 1 saturated carbocycles. The topological polar surface area (TPSA) is 38.8 Å². The maximum absolute atomic E-state index is 11.5. The van der Waals surface area contributed by atoms with Crippen molar-refractivity contribution < 1.29 is 14.3 Å². The lowest BCUT2D eigenvalue weighted by Gasteiger charge is -2.39. The summed E-state index contributed by atoms with van der Waals surface area (Å²) in [6, 6.07) is 0. The van der Waals surface area contributed by atoms with E-state index in [1.807, 2.05) is 6.92 Å². The van der Waals surface area contributed by atoms with Gasteiger partial charge < -0.3 is 9.47 Å². The fourth-order valence-corrected chi connectivity index (χ4v) is 2.49. The van der Waals surface area contributed by atoms with Gasteiger partial charge in [0.15, 0.2) is 6.10 Å². The van der Waals surface area contributed by atoms with Gasteiger partial charge in [-0.3, -0.25) is 4.90 Å². The summed E-state index contributed by atoms with van der Waals surface area (Å²) in [5, 5.41) is 0. The van der Waals surface area contributed by atoms with Crippen LogP contribution < -0.4 is 0 Å². The minimum Gasteiger partial charge on any atom is -0.467 e. The molecule has 0 bridgehead atoms. The average molecular weight is 227 g/mol. The molecule has 0 unspecified atom stereocenters. The van der Waals surface area contributed by atoms with Crippen LogP contribution in [0, 0.1) is 5.92 Å². The van der Waals surface area contributed by atoms with E-state index < -0.39 is 6.10 Å². The van der Waals surface area contributed by atoms with Gasteiger partial charge in [-0.25, -0.2) is 4.79 Å². The van der Waals surface area contributed by atoms with Gasteiger partial charge in [-0.15, -0.1) is 0 Å². The fraction of sp³-hybridized carbons (Fsp3) is 0.917. The number of hydrogen-bond donors (Lipinski definition) is 0. The van der Waals surface area contributed by atoms with Crippen LogP contribution in [0.1, 0.15) is 26.2 Å². The largest absolute Gasteiger partial charge is 0.467 e. The molecule has 92 valence electrons. The Bertz CT molecular complexity index is 253. The number of rotatable bonds is 3. The maximum Gasteiger partial charge on any atom is 0.336 e. The highest BCUT2D eigenvalue weighted by atomic mass is 16.6. The Balaban J connectivity index is 1.85. The molecule has 4 nitrogen and oxygen atoms in total. The monoisotopic (exact) mass is 227 g/mol. The molecule has 0 aromatic rings. The SMILES string of the molecule is COC(=O)[C@H]1CN(CC2CCC2)C[C@@H](C)O1. The van der Waals surface area contributed by atoms with Crippen LogP contribution in [0.4, 0.5) is 0 Å². The van der Waals surface area contributed by atoms with E-state index in [4.69, 9.17) is 9.47 Å². The number of methoxy groups -OCH3 is 1. The lowest BCUT2D eigenvalue weighted by molar-refractivity contribution is -0.166. The van der Waals surface area contributed by atoms with E-state index in [-0.39, 0.29) is 12.1 Å². The van der Waals surface area contributed by atoms with Crippen molar-refractivity contribution in [3.63, 3.8) is 0 Å². The lowest BCUT2D eigenvalue weighted by atomic mass is 9.85. The van der Waals surface area contributed by atoms with Gasteiger partial charge in [-0.1, -0.05) is 6.42 Å². The highest BCUT2D eigenvalue weighted by Crippen LogP contribution is 2.28. The van der Waals surface area contributed by atoms with Crippen molar-refractivity contribution >= 4 is 5.97 Å². The number of esters is 1. The van der Waals surface area contributed by atoms with Crippen molar-refractivity contribution in [2.75, 3.05) is 26.7 Å². The van der Waals surface area contributed by atoms with Crippen molar-refractivity contribution in [3.05, 3.63) is 0 Å². The van der Waals surface area contributed by atoms with Crippen LogP contribution >= 0.6 is 0 Å². The van der Waals surface area contributed by atoms with Crippen LogP contribution in [0.3, 0.4) is 0 Å². The lowest BCUT2D eigenvalue weighted by Crippen LogP contribution is -2.51. The van der Waals surface area contributed by atoms with Crippen LogP contribution in [-0.2, 0) is 14.3 Å². The molecular weight excluding hydrogens is 206 g/mol. The van der Waals surface area contributed by atoms with E-state index in [2.05, 4.69) is 4.90 Å². The van der Waals surface area contributed by atoms with E-state index in [9.17, 15) is 4.79 Å². The molecule has 2 atom stereocenters. The Labute approximate surface area is 96.9 Å². The van der Waals surface area contributed by atoms with Crippen molar-refractivity contribution in [2.45, 2.75) is 38.4 Å². The molecule has 0 amide bonds. The second-order valence-corrected chi connectivity index (χ2v) is 4.97. The zero-order valence-corrected chi connectivity index (χ0v) is 10.1. The molecule has 0 radical (unpaired) electrons. The van der Waals surface area contributed by atoms with Gasteiger partial charge in [0.1, 0.15) is 0 Å². The summed E-state index contributed by atoms with van der Waals surface area (Å²) in [6.07, 6.45) is 3.78. The molecule has 0 N–H and O–H groups in total. The number of hydrogen-bond acceptors (Lipinski definition) is 4. The predicted molar refractivity (Wildman–Crippen MR) is 60.1 cm³/mol. The minimum atomic E-state index is -0.395. The van der Waals surface area contributed by atoms with Crippen molar-refractivity contribution in [1.82, 2.24) is 4.90 Å². The summed E-state index contributed by atoms with van der Waals surface area (Å²) in [7, 11) is 1.42. The summed E-state index contributed by atoms with van der Waals surface area (Å²) >= 11 is 0. The molecule has 0 aromatic carbocycles. The van der Waals surface area contributed by atoms with Crippen molar-refractivity contribution in [3.8, 4) is 0 Å². The van der Waals surface area contributed by atoms with Gasteiger partial charge >= 0.3 is 5.97 Å². The molecular formula is C12H21NO3. The quantitative estimate of drug-likeness (QED) is 0.676. The molecule has 1 saturated heterocycles. The smallest absolute Gasteiger partial charge is 0.336 e. The average Bonchev–Trinajstić information content (AvgIpc) is 2.21. The molecule has 0 spiro atoms. The summed E-state index contributed by atoms with van der Waals surface area (Å²) < 4.78 is 10.3. The predicted octanol–water partition coefficient (Wildman–Crippen LogP) is 1.05. The second kappa shape index (κ2) is 5.15. The van der Waals surface area contributed by atoms with Crippen LogP contribution in [0.15, 0.2) is 0 Å². The van der Waals surface area contributed by atoms with Crippen LogP contribution in [0.25, 0.3) is 0 Å². The number of nitrogens with zero attached hydrogens (tertiary/aromatic N) is 1. The Morgan fingerprint density at radius 1 is 1.44 bits per heavy atom. The van der Waals surface area contributed by atoms with E-state index in [1.165, 1.54) is 26.4 Å². The summed E-state index contributed by atoms with van der Waals surface area (Å²) in [5.41, 5.74) is 0. The molecule has 2 fully saturated rings. The Morgan fingerprint density at radius 3 is 2.75 bits per heavy atom. The van der Waals surface area contributed by atoms with E-state index in [0.29, 0.717) is 6.54 Å². The zero-order valence-electron chi connectivity index (χ0n) is 10.1. The molecule has 2 rings (SSSR count). The second-order valence-electron chi connectivity index (χ2n) is 4.97. The highest BCUT2D eigenvalue weighted by Gasteiger charge is 2.32. The van der Waals surface area contributed by atoms with Crippen LogP contribution in [0.5, 0.6) is 0 Å². The molecule has 16 heavy (non-hydrogen) atoms. The first-order valence-electron chi connectivity index (χ1n) is 6.14.